The van der Waals surface area contributed by atoms with E-state index in [1.54, 1.807) is 48.5 Å². The minimum absolute atomic E-state index is 0.337. The second-order valence-electron chi connectivity index (χ2n) is 3.67. The molecule has 4 heteroatoms. The summed E-state index contributed by atoms with van der Waals surface area (Å²) in [5.41, 5.74) is 0.420. The molecule has 0 radical (unpaired) electrons. The highest BCUT2D eigenvalue weighted by Crippen LogP contribution is 2.23. The Morgan fingerprint density at radius 1 is 1.11 bits per heavy atom. The third-order valence-corrected chi connectivity index (χ3v) is 2.60. The molecule has 0 unspecified atom stereocenters. The van der Waals surface area contributed by atoms with Gasteiger partial charge in [-0.05, 0) is 36.4 Å². The SMILES string of the molecule is O=C(CO)c1cccc(Oc2ccc(Cl)cc2)c1. The fraction of sp³-hybridized carbons (Fsp3) is 0.0714. The van der Waals surface area contributed by atoms with Gasteiger partial charge in [0, 0.05) is 10.6 Å². The average Bonchev–Trinajstić information content (AvgIpc) is 2.41. The average molecular weight is 263 g/mol. The number of rotatable bonds is 4. The van der Waals surface area contributed by atoms with Crippen LogP contribution in [0.25, 0.3) is 0 Å². The number of aliphatic hydroxyl groups is 1. The molecule has 92 valence electrons. The fourth-order valence-electron chi connectivity index (χ4n) is 1.46. The van der Waals surface area contributed by atoms with Crippen molar-refractivity contribution in [2.75, 3.05) is 6.61 Å². The summed E-state index contributed by atoms with van der Waals surface area (Å²) in [6.45, 7) is -0.510. The number of Topliss-reactive ketones (excluding diaryl/α,β-unsaturated/α-hetero) is 1. The Morgan fingerprint density at radius 3 is 2.50 bits per heavy atom. The third kappa shape index (κ3) is 3.09. The van der Waals surface area contributed by atoms with Crippen LogP contribution in [0.4, 0.5) is 0 Å². The highest BCUT2D eigenvalue weighted by Gasteiger charge is 2.05. The Hall–Kier alpha value is -1.84. The van der Waals surface area contributed by atoms with Gasteiger partial charge in [-0.1, -0.05) is 23.7 Å². The molecule has 0 aromatic heterocycles. The van der Waals surface area contributed by atoms with Crippen molar-refractivity contribution in [3.63, 3.8) is 0 Å². The highest BCUT2D eigenvalue weighted by atomic mass is 35.5. The van der Waals surface area contributed by atoms with Crippen LogP contribution in [0.3, 0.4) is 0 Å². The van der Waals surface area contributed by atoms with Gasteiger partial charge in [0.15, 0.2) is 5.78 Å². The lowest BCUT2D eigenvalue weighted by atomic mass is 10.1. The molecule has 0 spiro atoms. The molecule has 18 heavy (non-hydrogen) atoms. The van der Waals surface area contributed by atoms with E-state index in [0.29, 0.717) is 22.1 Å². The molecule has 2 rings (SSSR count). The number of carbonyl (C=O) groups is 1. The number of aliphatic hydroxyl groups excluding tert-OH is 1. The van der Waals surface area contributed by atoms with Crippen LogP contribution >= 0.6 is 11.6 Å². The summed E-state index contributed by atoms with van der Waals surface area (Å²) in [4.78, 5) is 11.3. The highest BCUT2D eigenvalue weighted by molar-refractivity contribution is 6.30. The summed E-state index contributed by atoms with van der Waals surface area (Å²) >= 11 is 5.77. The maximum Gasteiger partial charge on any atom is 0.188 e. The predicted molar refractivity (Wildman–Crippen MR) is 69.4 cm³/mol. The Labute approximate surface area is 110 Å². The Morgan fingerprint density at radius 2 is 1.83 bits per heavy atom. The van der Waals surface area contributed by atoms with Crippen molar-refractivity contribution in [3.8, 4) is 11.5 Å². The van der Waals surface area contributed by atoms with Gasteiger partial charge in [0.1, 0.15) is 18.1 Å². The van der Waals surface area contributed by atoms with Gasteiger partial charge in [0.25, 0.3) is 0 Å². The van der Waals surface area contributed by atoms with Crippen LogP contribution in [0.2, 0.25) is 5.02 Å². The first-order valence-electron chi connectivity index (χ1n) is 5.36. The number of halogens is 1. The normalized spacial score (nSPS) is 10.1. The molecule has 0 atom stereocenters. The van der Waals surface area contributed by atoms with Gasteiger partial charge in [0.05, 0.1) is 0 Å². The van der Waals surface area contributed by atoms with Gasteiger partial charge in [-0.2, -0.15) is 0 Å². The van der Waals surface area contributed by atoms with Crippen LogP contribution in [0.15, 0.2) is 48.5 Å². The van der Waals surface area contributed by atoms with Gasteiger partial charge in [0.2, 0.25) is 0 Å². The zero-order valence-electron chi connectivity index (χ0n) is 9.47. The summed E-state index contributed by atoms with van der Waals surface area (Å²) in [6, 6.07) is 13.6. The van der Waals surface area contributed by atoms with Crippen molar-refractivity contribution >= 4 is 17.4 Å². The molecular formula is C14H11ClO3. The van der Waals surface area contributed by atoms with Gasteiger partial charge >= 0.3 is 0 Å². The van der Waals surface area contributed by atoms with Crippen LogP contribution in [0.1, 0.15) is 10.4 Å². The van der Waals surface area contributed by atoms with E-state index in [1.807, 2.05) is 0 Å². The Bertz CT molecular complexity index is 549. The fourth-order valence-corrected chi connectivity index (χ4v) is 1.59. The van der Waals surface area contributed by atoms with Crippen molar-refractivity contribution < 1.29 is 14.6 Å². The minimum Gasteiger partial charge on any atom is -0.457 e. The number of hydrogen-bond acceptors (Lipinski definition) is 3. The topological polar surface area (TPSA) is 46.5 Å². The third-order valence-electron chi connectivity index (χ3n) is 2.35. The van der Waals surface area contributed by atoms with Gasteiger partial charge < -0.3 is 9.84 Å². The molecule has 0 aliphatic rings. The van der Waals surface area contributed by atoms with Gasteiger partial charge in [-0.3, -0.25) is 4.79 Å². The van der Waals surface area contributed by atoms with Crippen molar-refractivity contribution in [2.45, 2.75) is 0 Å². The molecule has 0 amide bonds. The lowest BCUT2D eigenvalue weighted by molar-refractivity contribution is 0.0903. The Balaban J connectivity index is 2.19. The first kappa shape index (κ1) is 12.6. The maximum absolute atomic E-state index is 11.3. The standard InChI is InChI=1S/C14H11ClO3/c15-11-4-6-12(7-5-11)18-13-3-1-2-10(8-13)14(17)9-16/h1-8,16H,9H2. The van der Waals surface area contributed by atoms with E-state index >= 15 is 0 Å². The maximum atomic E-state index is 11.3. The molecule has 0 heterocycles. The molecule has 0 aliphatic carbocycles. The van der Waals surface area contributed by atoms with E-state index in [0.717, 1.165) is 0 Å². The van der Waals surface area contributed by atoms with Crippen molar-refractivity contribution in [3.05, 3.63) is 59.1 Å². The summed E-state index contributed by atoms with van der Waals surface area (Å²) in [6.07, 6.45) is 0. The summed E-state index contributed by atoms with van der Waals surface area (Å²) in [5.74, 6) is 0.834. The van der Waals surface area contributed by atoms with Crippen LogP contribution < -0.4 is 4.74 Å². The molecule has 0 saturated carbocycles. The quantitative estimate of drug-likeness (QED) is 0.860. The number of benzene rings is 2. The van der Waals surface area contributed by atoms with Crippen LogP contribution in [-0.2, 0) is 0 Å². The van der Waals surface area contributed by atoms with Crippen molar-refractivity contribution in [1.29, 1.82) is 0 Å². The number of ketones is 1. The molecule has 0 saturated heterocycles. The molecule has 0 fully saturated rings. The van der Waals surface area contributed by atoms with Gasteiger partial charge in [-0.25, -0.2) is 0 Å². The lowest BCUT2D eigenvalue weighted by Gasteiger charge is -2.06. The summed E-state index contributed by atoms with van der Waals surface area (Å²) in [7, 11) is 0. The van der Waals surface area contributed by atoms with E-state index < -0.39 is 6.61 Å². The van der Waals surface area contributed by atoms with E-state index in [2.05, 4.69) is 0 Å². The predicted octanol–water partition coefficient (Wildman–Crippen LogP) is 3.31. The molecule has 3 nitrogen and oxygen atoms in total. The Kier molecular flexibility index (Phi) is 3.97. The molecule has 2 aromatic rings. The summed E-state index contributed by atoms with van der Waals surface area (Å²) < 4.78 is 5.58. The zero-order valence-corrected chi connectivity index (χ0v) is 10.2. The number of carbonyl (C=O) groups excluding carboxylic acids is 1. The van der Waals surface area contributed by atoms with E-state index in [-0.39, 0.29) is 5.78 Å². The van der Waals surface area contributed by atoms with E-state index in [9.17, 15) is 4.79 Å². The zero-order chi connectivity index (χ0) is 13.0. The second-order valence-corrected chi connectivity index (χ2v) is 4.10. The van der Waals surface area contributed by atoms with Crippen LogP contribution in [-0.4, -0.2) is 17.5 Å². The van der Waals surface area contributed by atoms with Crippen LogP contribution in [0, 0.1) is 0 Å². The molecular weight excluding hydrogens is 252 g/mol. The molecule has 1 N–H and O–H groups in total. The van der Waals surface area contributed by atoms with Crippen molar-refractivity contribution in [2.24, 2.45) is 0 Å². The molecule has 0 aliphatic heterocycles. The van der Waals surface area contributed by atoms with E-state index in [4.69, 9.17) is 21.4 Å². The van der Waals surface area contributed by atoms with Gasteiger partial charge in [-0.15, -0.1) is 0 Å². The smallest absolute Gasteiger partial charge is 0.188 e. The van der Waals surface area contributed by atoms with Crippen molar-refractivity contribution in [1.82, 2.24) is 0 Å². The first-order chi connectivity index (χ1) is 8.69. The first-order valence-corrected chi connectivity index (χ1v) is 5.74. The largest absolute Gasteiger partial charge is 0.457 e. The molecule has 0 bridgehead atoms. The second kappa shape index (κ2) is 5.67. The van der Waals surface area contributed by atoms with E-state index in [1.165, 1.54) is 0 Å². The molecule has 2 aromatic carbocycles. The monoisotopic (exact) mass is 262 g/mol. The number of hydrogen-bond donors (Lipinski definition) is 1. The number of ether oxygens (including phenoxy) is 1. The minimum atomic E-state index is -0.510. The lowest BCUT2D eigenvalue weighted by Crippen LogP contribution is -2.03. The summed E-state index contributed by atoms with van der Waals surface area (Å²) in [5, 5.41) is 9.43. The van der Waals surface area contributed by atoms with Crippen LogP contribution in [0.5, 0.6) is 11.5 Å².